The van der Waals surface area contributed by atoms with Crippen LogP contribution < -0.4 is 10.6 Å². The predicted molar refractivity (Wildman–Crippen MR) is 128 cm³/mol. The van der Waals surface area contributed by atoms with Crippen molar-refractivity contribution in [2.24, 2.45) is 0 Å². The van der Waals surface area contributed by atoms with Crippen LogP contribution in [-0.2, 0) is 4.79 Å². The molecule has 0 saturated heterocycles. The maximum absolute atomic E-state index is 13.1. The summed E-state index contributed by atoms with van der Waals surface area (Å²) in [6.45, 7) is 0. The summed E-state index contributed by atoms with van der Waals surface area (Å²) in [5.41, 5.74) is 1.43. The minimum Gasteiger partial charge on any atom is -0.321 e. The third kappa shape index (κ3) is 5.29. The van der Waals surface area contributed by atoms with Gasteiger partial charge in [-0.3, -0.25) is 19.7 Å². The number of carbonyl (C=O) groups is 2. The molecule has 4 aromatic carbocycles. The van der Waals surface area contributed by atoms with Crippen LogP contribution in [0.1, 0.15) is 15.9 Å². The fourth-order valence-corrected chi connectivity index (χ4v) is 3.27. The maximum Gasteiger partial charge on any atom is 0.272 e. The first kappa shape index (κ1) is 21.5. The minimum absolute atomic E-state index is 0.00543. The Hall–Kier alpha value is -4.78. The molecule has 4 rings (SSSR count). The average molecular weight is 437 g/mol. The van der Waals surface area contributed by atoms with Gasteiger partial charge in [0.1, 0.15) is 5.70 Å². The summed E-state index contributed by atoms with van der Waals surface area (Å²) in [7, 11) is 0. The van der Waals surface area contributed by atoms with E-state index >= 15 is 0 Å². The fraction of sp³-hybridized carbons (Fsp3) is 0. The van der Waals surface area contributed by atoms with Gasteiger partial charge in [0.2, 0.25) is 0 Å². The quantitative estimate of drug-likeness (QED) is 0.247. The molecular formula is C26H19N3O4. The number of nitrogens with one attached hydrogen (secondary N) is 2. The molecule has 0 saturated carbocycles. The molecule has 0 fully saturated rings. The Labute approximate surface area is 189 Å². The first-order chi connectivity index (χ1) is 16.0. The first-order valence-corrected chi connectivity index (χ1v) is 10.1. The number of anilines is 1. The molecular weight excluding hydrogens is 418 g/mol. The van der Waals surface area contributed by atoms with Crippen LogP contribution in [0.5, 0.6) is 0 Å². The SMILES string of the molecule is O=C(Nc1ccc2ccccc2c1)C(=Cc1ccc([N+](=O)[O-])cc1)NC(=O)c1ccccc1. The standard InChI is InChI=1S/C26H19N3O4/c30-25(20-7-2-1-3-8-20)28-24(16-18-10-14-23(15-11-18)29(32)33)26(31)27-22-13-12-19-6-4-5-9-21(19)17-22/h1-17H,(H,27,31)(H,28,30). The van der Waals surface area contributed by atoms with E-state index in [4.69, 9.17) is 0 Å². The largest absolute Gasteiger partial charge is 0.321 e. The van der Waals surface area contributed by atoms with E-state index in [1.807, 2.05) is 36.4 Å². The predicted octanol–water partition coefficient (Wildman–Crippen LogP) is 5.16. The molecule has 0 spiro atoms. The zero-order chi connectivity index (χ0) is 23.2. The second kappa shape index (κ2) is 9.57. The number of benzene rings is 4. The molecule has 2 N–H and O–H groups in total. The van der Waals surface area contributed by atoms with Crippen LogP contribution in [0.4, 0.5) is 11.4 Å². The second-order valence-corrected chi connectivity index (χ2v) is 7.24. The van der Waals surface area contributed by atoms with E-state index in [1.165, 1.54) is 30.3 Å². The summed E-state index contributed by atoms with van der Waals surface area (Å²) in [5, 5.41) is 18.4. The number of nitrogens with zero attached hydrogens (tertiary/aromatic N) is 1. The van der Waals surface area contributed by atoms with E-state index in [-0.39, 0.29) is 11.4 Å². The number of rotatable bonds is 6. The van der Waals surface area contributed by atoms with E-state index in [9.17, 15) is 19.7 Å². The van der Waals surface area contributed by atoms with Crippen molar-refractivity contribution in [3.63, 3.8) is 0 Å². The van der Waals surface area contributed by atoms with Crippen LogP contribution in [-0.4, -0.2) is 16.7 Å². The second-order valence-electron chi connectivity index (χ2n) is 7.24. The van der Waals surface area contributed by atoms with Crippen LogP contribution in [0.25, 0.3) is 16.8 Å². The van der Waals surface area contributed by atoms with Gasteiger partial charge in [-0.05, 0) is 58.8 Å². The molecule has 2 amide bonds. The van der Waals surface area contributed by atoms with E-state index in [1.54, 1.807) is 36.4 Å². The lowest BCUT2D eigenvalue weighted by Gasteiger charge is -2.12. The third-order valence-electron chi connectivity index (χ3n) is 4.95. The number of fused-ring (bicyclic) bond motifs is 1. The van der Waals surface area contributed by atoms with Crippen LogP contribution in [0.2, 0.25) is 0 Å². The molecule has 0 bridgehead atoms. The van der Waals surface area contributed by atoms with Crippen molar-refractivity contribution >= 4 is 40.0 Å². The number of carbonyl (C=O) groups excluding carboxylic acids is 2. The number of hydrogen-bond donors (Lipinski definition) is 2. The van der Waals surface area contributed by atoms with Gasteiger partial charge in [0.25, 0.3) is 17.5 Å². The number of nitro groups is 1. The normalized spacial score (nSPS) is 11.1. The van der Waals surface area contributed by atoms with E-state index in [2.05, 4.69) is 10.6 Å². The lowest BCUT2D eigenvalue weighted by molar-refractivity contribution is -0.384. The zero-order valence-electron chi connectivity index (χ0n) is 17.4. The molecule has 7 heteroatoms. The number of nitro benzene ring substituents is 1. The maximum atomic E-state index is 13.1. The smallest absolute Gasteiger partial charge is 0.272 e. The molecule has 162 valence electrons. The van der Waals surface area contributed by atoms with E-state index in [0.29, 0.717) is 16.8 Å². The molecule has 0 aliphatic rings. The van der Waals surface area contributed by atoms with Gasteiger partial charge < -0.3 is 10.6 Å². The van der Waals surface area contributed by atoms with Crippen molar-refractivity contribution in [2.45, 2.75) is 0 Å². The molecule has 0 heterocycles. The average Bonchev–Trinajstić information content (AvgIpc) is 2.84. The van der Waals surface area contributed by atoms with Gasteiger partial charge in [-0.2, -0.15) is 0 Å². The van der Waals surface area contributed by atoms with Gasteiger partial charge in [-0.1, -0.05) is 48.5 Å². The van der Waals surface area contributed by atoms with Crippen molar-refractivity contribution in [2.75, 3.05) is 5.32 Å². The van der Waals surface area contributed by atoms with Crippen LogP contribution in [0.3, 0.4) is 0 Å². The van der Waals surface area contributed by atoms with Crippen molar-refractivity contribution in [1.82, 2.24) is 5.32 Å². The highest BCUT2D eigenvalue weighted by molar-refractivity contribution is 6.11. The molecule has 0 radical (unpaired) electrons. The Morgan fingerprint density at radius 3 is 2.15 bits per heavy atom. The van der Waals surface area contributed by atoms with Crippen molar-refractivity contribution < 1.29 is 14.5 Å². The summed E-state index contributed by atoms with van der Waals surface area (Å²) in [4.78, 5) is 36.2. The summed E-state index contributed by atoms with van der Waals surface area (Å²) in [6.07, 6.45) is 1.47. The van der Waals surface area contributed by atoms with Gasteiger partial charge in [0.05, 0.1) is 4.92 Å². The number of amides is 2. The summed E-state index contributed by atoms with van der Waals surface area (Å²) >= 11 is 0. The van der Waals surface area contributed by atoms with Gasteiger partial charge in [0, 0.05) is 23.4 Å². The highest BCUT2D eigenvalue weighted by atomic mass is 16.6. The molecule has 4 aromatic rings. The van der Waals surface area contributed by atoms with Crippen molar-refractivity contribution in [1.29, 1.82) is 0 Å². The Balaban J connectivity index is 1.63. The lowest BCUT2D eigenvalue weighted by atomic mass is 10.1. The Kier molecular flexibility index (Phi) is 6.22. The van der Waals surface area contributed by atoms with Crippen molar-refractivity contribution in [3.8, 4) is 0 Å². The highest BCUT2D eigenvalue weighted by Gasteiger charge is 2.15. The number of hydrogen-bond acceptors (Lipinski definition) is 4. The summed E-state index contributed by atoms with van der Waals surface area (Å²) in [5.74, 6) is -0.967. The molecule has 0 aliphatic heterocycles. The van der Waals surface area contributed by atoms with Crippen molar-refractivity contribution in [3.05, 3.63) is 124 Å². The molecule has 0 atom stereocenters. The van der Waals surface area contributed by atoms with E-state index < -0.39 is 16.7 Å². The summed E-state index contributed by atoms with van der Waals surface area (Å²) in [6, 6.07) is 27.5. The Morgan fingerprint density at radius 2 is 1.45 bits per heavy atom. The molecule has 0 unspecified atom stereocenters. The monoisotopic (exact) mass is 437 g/mol. The van der Waals surface area contributed by atoms with Crippen LogP contribution >= 0.6 is 0 Å². The summed E-state index contributed by atoms with van der Waals surface area (Å²) < 4.78 is 0. The Morgan fingerprint density at radius 1 is 0.788 bits per heavy atom. The fourth-order valence-electron chi connectivity index (χ4n) is 3.27. The number of non-ortho nitro benzene ring substituents is 1. The van der Waals surface area contributed by atoms with Gasteiger partial charge in [0.15, 0.2) is 0 Å². The Bertz CT molecular complexity index is 1360. The van der Waals surface area contributed by atoms with Gasteiger partial charge in [-0.25, -0.2) is 0 Å². The van der Waals surface area contributed by atoms with Crippen LogP contribution in [0.15, 0.2) is 103 Å². The lowest BCUT2D eigenvalue weighted by Crippen LogP contribution is -2.30. The first-order valence-electron chi connectivity index (χ1n) is 10.1. The van der Waals surface area contributed by atoms with E-state index in [0.717, 1.165) is 10.8 Å². The molecule has 0 aliphatic carbocycles. The molecule has 33 heavy (non-hydrogen) atoms. The third-order valence-corrected chi connectivity index (χ3v) is 4.95. The topological polar surface area (TPSA) is 101 Å². The minimum atomic E-state index is -0.520. The van der Waals surface area contributed by atoms with Gasteiger partial charge >= 0.3 is 0 Å². The van der Waals surface area contributed by atoms with Crippen LogP contribution in [0, 0.1) is 10.1 Å². The highest BCUT2D eigenvalue weighted by Crippen LogP contribution is 2.20. The zero-order valence-corrected chi connectivity index (χ0v) is 17.4. The molecule has 0 aromatic heterocycles. The van der Waals surface area contributed by atoms with Gasteiger partial charge in [-0.15, -0.1) is 0 Å². The molecule has 7 nitrogen and oxygen atoms in total.